The van der Waals surface area contributed by atoms with Crippen molar-refractivity contribution in [2.75, 3.05) is 31.1 Å². The first-order valence-corrected chi connectivity index (χ1v) is 9.86. The minimum atomic E-state index is -0.285. The number of hydrogen-bond acceptors (Lipinski definition) is 5. The van der Waals surface area contributed by atoms with Crippen LogP contribution in [-0.2, 0) is 0 Å². The fourth-order valence-corrected chi connectivity index (χ4v) is 3.83. The van der Waals surface area contributed by atoms with Gasteiger partial charge >= 0.3 is 0 Å². The summed E-state index contributed by atoms with van der Waals surface area (Å²) in [5.74, 6) is 1.59. The Morgan fingerprint density at radius 2 is 1.74 bits per heavy atom. The first-order chi connectivity index (χ1) is 13.2. The molecule has 1 aromatic heterocycles. The highest BCUT2D eigenvalue weighted by Crippen LogP contribution is 2.22. The van der Waals surface area contributed by atoms with Gasteiger partial charge in [0.2, 0.25) is 0 Å². The maximum absolute atomic E-state index is 12.7. The summed E-state index contributed by atoms with van der Waals surface area (Å²) in [6.07, 6.45) is 6.85. The number of aliphatic hydroxyl groups is 1. The lowest BCUT2D eigenvalue weighted by molar-refractivity contribution is 0.0761. The zero-order valence-corrected chi connectivity index (χ0v) is 15.5. The number of benzene rings is 1. The van der Waals surface area contributed by atoms with Crippen LogP contribution in [0.25, 0.3) is 11.4 Å². The molecule has 1 aromatic carbocycles. The van der Waals surface area contributed by atoms with Crippen molar-refractivity contribution in [1.29, 1.82) is 0 Å². The summed E-state index contributed by atoms with van der Waals surface area (Å²) in [7, 11) is 0. The predicted molar refractivity (Wildman–Crippen MR) is 105 cm³/mol. The van der Waals surface area contributed by atoms with Crippen molar-refractivity contribution < 1.29 is 9.90 Å². The van der Waals surface area contributed by atoms with Crippen LogP contribution in [0.15, 0.2) is 36.5 Å². The molecule has 142 valence electrons. The van der Waals surface area contributed by atoms with Gasteiger partial charge in [-0.3, -0.25) is 4.79 Å². The number of aromatic nitrogens is 2. The normalized spacial score (nSPS) is 20.6. The van der Waals surface area contributed by atoms with E-state index in [4.69, 9.17) is 0 Å². The molecule has 0 aliphatic carbocycles. The van der Waals surface area contributed by atoms with Crippen LogP contribution < -0.4 is 4.90 Å². The number of carbonyl (C=O) groups excluding carboxylic acids is 1. The SMILES string of the molecule is O=C(c1ccc(-c2nccc(N3CC[C@@H](O)C3)n2)cc1)N1CCCCCC1. The Bertz CT molecular complexity index is 785. The van der Waals surface area contributed by atoms with Gasteiger partial charge in [0.1, 0.15) is 5.82 Å². The quantitative estimate of drug-likeness (QED) is 0.904. The predicted octanol–water partition coefficient (Wildman–Crippen LogP) is 2.73. The lowest BCUT2D eigenvalue weighted by atomic mass is 10.1. The Hall–Kier alpha value is -2.47. The van der Waals surface area contributed by atoms with E-state index >= 15 is 0 Å². The second kappa shape index (κ2) is 8.05. The average Bonchev–Trinajstić information content (AvgIpc) is 2.97. The number of β-amino-alcohol motifs (C(OH)–C–C–N with tert-alkyl or cyclic N) is 1. The van der Waals surface area contributed by atoms with E-state index in [9.17, 15) is 9.90 Å². The van der Waals surface area contributed by atoms with E-state index in [0.29, 0.717) is 12.4 Å². The Kier molecular flexibility index (Phi) is 5.34. The summed E-state index contributed by atoms with van der Waals surface area (Å²) in [6, 6.07) is 9.46. The molecule has 2 aliphatic rings. The molecule has 3 heterocycles. The van der Waals surface area contributed by atoms with Gasteiger partial charge in [-0.2, -0.15) is 0 Å². The Balaban J connectivity index is 1.49. The van der Waals surface area contributed by atoms with E-state index in [2.05, 4.69) is 14.9 Å². The summed E-state index contributed by atoms with van der Waals surface area (Å²) in [4.78, 5) is 25.8. The van der Waals surface area contributed by atoms with Crippen LogP contribution in [0.3, 0.4) is 0 Å². The first-order valence-electron chi connectivity index (χ1n) is 9.86. The van der Waals surface area contributed by atoms with Crippen LogP contribution in [0.2, 0.25) is 0 Å². The van der Waals surface area contributed by atoms with Crippen molar-refractivity contribution in [3.05, 3.63) is 42.1 Å². The van der Waals surface area contributed by atoms with Crippen LogP contribution in [0.1, 0.15) is 42.5 Å². The van der Waals surface area contributed by atoms with Crippen molar-refractivity contribution in [2.45, 2.75) is 38.2 Å². The van der Waals surface area contributed by atoms with E-state index in [1.54, 1.807) is 6.20 Å². The number of likely N-dealkylation sites (tertiary alicyclic amines) is 1. The van der Waals surface area contributed by atoms with Crippen molar-refractivity contribution in [1.82, 2.24) is 14.9 Å². The lowest BCUT2D eigenvalue weighted by Gasteiger charge is -2.20. The highest BCUT2D eigenvalue weighted by atomic mass is 16.3. The maximum Gasteiger partial charge on any atom is 0.253 e. The molecule has 1 atom stereocenters. The second-order valence-corrected chi connectivity index (χ2v) is 7.41. The fourth-order valence-electron chi connectivity index (χ4n) is 3.83. The minimum absolute atomic E-state index is 0.115. The monoisotopic (exact) mass is 366 g/mol. The second-order valence-electron chi connectivity index (χ2n) is 7.41. The molecule has 0 unspecified atom stereocenters. The highest BCUT2D eigenvalue weighted by molar-refractivity contribution is 5.94. The molecule has 6 heteroatoms. The molecule has 4 rings (SSSR count). The van der Waals surface area contributed by atoms with E-state index < -0.39 is 0 Å². The van der Waals surface area contributed by atoms with Crippen LogP contribution in [0.5, 0.6) is 0 Å². The smallest absolute Gasteiger partial charge is 0.253 e. The molecular formula is C21H26N4O2. The molecule has 2 aliphatic heterocycles. The van der Waals surface area contributed by atoms with Gasteiger partial charge in [0, 0.05) is 43.5 Å². The van der Waals surface area contributed by atoms with Gasteiger partial charge in [0.25, 0.3) is 5.91 Å². The third-order valence-corrected chi connectivity index (χ3v) is 5.41. The zero-order chi connectivity index (χ0) is 18.6. The van der Waals surface area contributed by atoms with Crippen molar-refractivity contribution in [3.8, 4) is 11.4 Å². The summed E-state index contributed by atoms with van der Waals surface area (Å²) in [5.41, 5.74) is 1.61. The van der Waals surface area contributed by atoms with Crippen LogP contribution in [0, 0.1) is 0 Å². The van der Waals surface area contributed by atoms with E-state index in [1.807, 2.05) is 35.2 Å². The number of amides is 1. The van der Waals surface area contributed by atoms with Gasteiger partial charge in [-0.15, -0.1) is 0 Å². The third-order valence-electron chi connectivity index (χ3n) is 5.41. The number of hydrogen-bond donors (Lipinski definition) is 1. The summed E-state index contributed by atoms with van der Waals surface area (Å²) in [5, 5.41) is 9.73. The number of anilines is 1. The third kappa shape index (κ3) is 4.11. The molecule has 2 aromatic rings. The lowest BCUT2D eigenvalue weighted by Crippen LogP contribution is -2.31. The number of carbonyl (C=O) groups is 1. The molecule has 2 fully saturated rings. The van der Waals surface area contributed by atoms with E-state index in [1.165, 1.54) is 12.8 Å². The molecule has 0 spiro atoms. The van der Waals surface area contributed by atoms with Gasteiger partial charge < -0.3 is 14.9 Å². The number of aliphatic hydroxyl groups excluding tert-OH is 1. The van der Waals surface area contributed by atoms with Gasteiger partial charge in [0.05, 0.1) is 6.10 Å². The van der Waals surface area contributed by atoms with Crippen LogP contribution in [-0.4, -0.2) is 58.2 Å². The molecule has 27 heavy (non-hydrogen) atoms. The number of rotatable bonds is 3. The van der Waals surface area contributed by atoms with Gasteiger partial charge in [-0.1, -0.05) is 25.0 Å². The summed E-state index contributed by atoms with van der Waals surface area (Å²) in [6.45, 7) is 3.13. The molecule has 0 saturated carbocycles. The van der Waals surface area contributed by atoms with E-state index in [0.717, 1.165) is 55.8 Å². The van der Waals surface area contributed by atoms with Crippen molar-refractivity contribution in [2.24, 2.45) is 0 Å². The minimum Gasteiger partial charge on any atom is -0.391 e. The average molecular weight is 366 g/mol. The zero-order valence-electron chi connectivity index (χ0n) is 15.5. The fraction of sp³-hybridized carbons (Fsp3) is 0.476. The standard InChI is InChI=1S/C21H26N4O2/c26-18-10-14-25(15-18)19-9-11-22-20(23-19)16-5-7-17(8-6-16)21(27)24-12-3-1-2-4-13-24/h5-9,11,18,26H,1-4,10,12-15H2/t18-/m1/s1. The van der Waals surface area contributed by atoms with Crippen molar-refractivity contribution >= 4 is 11.7 Å². The molecule has 1 amide bonds. The Labute approximate surface area is 159 Å². The molecule has 0 bridgehead atoms. The van der Waals surface area contributed by atoms with E-state index in [-0.39, 0.29) is 12.0 Å². The molecule has 1 N–H and O–H groups in total. The summed E-state index contributed by atoms with van der Waals surface area (Å²) < 4.78 is 0. The van der Waals surface area contributed by atoms with Gasteiger partial charge in [0.15, 0.2) is 5.82 Å². The number of nitrogens with zero attached hydrogens (tertiary/aromatic N) is 4. The van der Waals surface area contributed by atoms with Crippen molar-refractivity contribution in [3.63, 3.8) is 0 Å². The highest BCUT2D eigenvalue weighted by Gasteiger charge is 2.22. The van der Waals surface area contributed by atoms with Gasteiger partial charge in [-0.05, 0) is 37.5 Å². The largest absolute Gasteiger partial charge is 0.391 e. The molecule has 2 saturated heterocycles. The topological polar surface area (TPSA) is 69.6 Å². The maximum atomic E-state index is 12.7. The molecular weight excluding hydrogens is 340 g/mol. The first kappa shape index (κ1) is 17.9. The van der Waals surface area contributed by atoms with Crippen LogP contribution >= 0.6 is 0 Å². The van der Waals surface area contributed by atoms with Gasteiger partial charge in [-0.25, -0.2) is 9.97 Å². The Morgan fingerprint density at radius 1 is 1.00 bits per heavy atom. The van der Waals surface area contributed by atoms with Crippen LogP contribution in [0.4, 0.5) is 5.82 Å². The summed E-state index contributed by atoms with van der Waals surface area (Å²) >= 11 is 0. The molecule has 0 radical (unpaired) electrons. The molecule has 6 nitrogen and oxygen atoms in total. The Morgan fingerprint density at radius 3 is 2.41 bits per heavy atom.